The van der Waals surface area contributed by atoms with Crippen molar-refractivity contribution in [3.8, 4) is 0 Å². The summed E-state index contributed by atoms with van der Waals surface area (Å²) < 4.78 is 5.46. The largest absolute Gasteiger partial charge is 0.481 e. The van der Waals surface area contributed by atoms with Crippen molar-refractivity contribution in [3.63, 3.8) is 0 Å². The van der Waals surface area contributed by atoms with Crippen molar-refractivity contribution < 1.29 is 24.2 Å². The van der Waals surface area contributed by atoms with Crippen molar-refractivity contribution in [2.24, 2.45) is 11.7 Å². The first-order chi connectivity index (χ1) is 13.9. The molecule has 1 fully saturated rings. The minimum atomic E-state index is -1.65. The van der Waals surface area contributed by atoms with Gasteiger partial charge in [0.05, 0.1) is 12.0 Å². The van der Waals surface area contributed by atoms with Gasteiger partial charge in [-0.15, -0.1) is 0 Å². The van der Waals surface area contributed by atoms with Crippen LogP contribution in [0.5, 0.6) is 0 Å². The third kappa shape index (κ3) is 4.60. The second kappa shape index (κ2) is 7.92. The van der Waals surface area contributed by atoms with Crippen LogP contribution in [-0.2, 0) is 14.3 Å². The Morgan fingerprint density at radius 1 is 1.27 bits per heavy atom. The summed E-state index contributed by atoms with van der Waals surface area (Å²) in [6, 6.07) is 6.09. The molecule has 30 heavy (non-hydrogen) atoms. The van der Waals surface area contributed by atoms with E-state index < -0.39 is 40.9 Å². The van der Waals surface area contributed by atoms with Crippen molar-refractivity contribution in [2.45, 2.75) is 57.2 Å². The highest BCUT2D eigenvalue weighted by Gasteiger charge is 2.51. The van der Waals surface area contributed by atoms with Gasteiger partial charge >= 0.3 is 11.9 Å². The zero-order chi connectivity index (χ0) is 22.3. The summed E-state index contributed by atoms with van der Waals surface area (Å²) in [5.74, 6) is -2.98. The molecule has 8 nitrogen and oxygen atoms in total. The fourth-order valence-electron chi connectivity index (χ4n) is 3.75. The number of benzene rings is 1. The molecule has 3 unspecified atom stereocenters. The topological polar surface area (TPSA) is 135 Å². The highest BCUT2D eigenvalue weighted by atomic mass is 35.5. The maximum absolute atomic E-state index is 12.9. The van der Waals surface area contributed by atoms with Crippen molar-refractivity contribution >= 4 is 40.3 Å². The molecule has 1 amide bonds. The Bertz CT molecular complexity index is 996. The van der Waals surface area contributed by atoms with Gasteiger partial charge in [-0.2, -0.15) is 0 Å². The number of aromatic amines is 1. The molecular formula is C21H26ClN3O5. The van der Waals surface area contributed by atoms with Crippen LogP contribution in [0.3, 0.4) is 0 Å². The number of amides is 1. The van der Waals surface area contributed by atoms with Crippen LogP contribution in [0.4, 0.5) is 0 Å². The summed E-state index contributed by atoms with van der Waals surface area (Å²) in [6.07, 6.45) is 0.416. The fraction of sp³-hybridized carbons (Fsp3) is 0.476. The minimum Gasteiger partial charge on any atom is -0.481 e. The van der Waals surface area contributed by atoms with Crippen LogP contribution in [0.2, 0.25) is 5.02 Å². The summed E-state index contributed by atoms with van der Waals surface area (Å²) in [5.41, 5.74) is 5.00. The summed E-state index contributed by atoms with van der Waals surface area (Å²) in [4.78, 5) is 40.3. The lowest BCUT2D eigenvalue weighted by atomic mass is 9.72. The van der Waals surface area contributed by atoms with Gasteiger partial charge in [0.15, 0.2) is 0 Å². The van der Waals surface area contributed by atoms with E-state index in [1.54, 1.807) is 45.0 Å². The van der Waals surface area contributed by atoms with Crippen molar-refractivity contribution in [3.05, 3.63) is 35.0 Å². The zero-order valence-corrected chi connectivity index (χ0v) is 17.9. The number of carboxylic acid groups (broad SMARTS) is 1. The van der Waals surface area contributed by atoms with E-state index in [0.717, 1.165) is 10.9 Å². The molecule has 1 aliphatic carbocycles. The smallest absolute Gasteiger partial charge is 0.328 e. The Hall–Kier alpha value is -2.58. The second-order valence-corrected chi connectivity index (χ2v) is 9.24. The second-order valence-electron chi connectivity index (χ2n) is 8.80. The first-order valence-electron chi connectivity index (χ1n) is 9.73. The lowest BCUT2D eigenvalue weighted by Gasteiger charge is -2.42. The van der Waals surface area contributed by atoms with Gasteiger partial charge in [0.2, 0.25) is 0 Å². The molecule has 2 aromatic rings. The van der Waals surface area contributed by atoms with E-state index in [4.69, 9.17) is 22.1 Å². The number of fused-ring (bicyclic) bond motifs is 1. The van der Waals surface area contributed by atoms with Gasteiger partial charge in [-0.3, -0.25) is 9.59 Å². The number of hydrogen-bond acceptors (Lipinski definition) is 5. The molecule has 3 atom stereocenters. The molecule has 1 heterocycles. The molecule has 0 spiro atoms. The SMILES string of the molecule is CC(C)(C)OC(=O)C1(N)CC(C(=O)O)CCC1NC(=O)c1cc2cc(Cl)ccc2[nH]1. The minimum absolute atomic E-state index is 0.121. The van der Waals surface area contributed by atoms with Crippen LogP contribution in [0.25, 0.3) is 10.9 Å². The number of H-pyrrole nitrogens is 1. The number of ether oxygens (including phenoxy) is 1. The highest BCUT2D eigenvalue weighted by molar-refractivity contribution is 6.31. The van der Waals surface area contributed by atoms with Gasteiger partial charge < -0.3 is 25.9 Å². The number of hydrogen-bond donors (Lipinski definition) is 4. The lowest BCUT2D eigenvalue weighted by molar-refractivity contribution is -0.166. The van der Waals surface area contributed by atoms with Gasteiger partial charge in [-0.1, -0.05) is 11.6 Å². The zero-order valence-electron chi connectivity index (χ0n) is 17.1. The van der Waals surface area contributed by atoms with E-state index in [1.165, 1.54) is 0 Å². The number of carbonyl (C=O) groups excluding carboxylic acids is 2. The molecule has 0 saturated heterocycles. The highest BCUT2D eigenvalue weighted by Crippen LogP contribution is 2.34. The molecule has 5 N–H and O–H groups in total. The van der Waals surface area contributed by atoms with E-state index in [9.17, 15) is 19.5 Å². The van der Waals surface area contributed by atoms with E-state index in [0.29, 0.717) is 17.1 Å². The predicted molar refractivity (Wildman–Crippen MR) is 112 cm³/mol. The van der Waals surface area contributed by atoms with Crippen molar-refractivity contribution in [2.75, 3.05) is 0 Å². The number of nitrogens with one attached hydrogen (secondary N) is 2. The molecule has 0 aliphatic heterocycles. The number of aromatic nitrogens is 1. The first-order valence-corrected chi connectivity index (χ1v) is 10.1. The van der Waals surface area contributed by atoms with E-state index >= 15 is 0 Å². The predicted octanol–water partition coefficient (Wildman–Crippen LogP) is 2.84. The average molecular weight is 436 g/mol. The summed E-state index contributed by atoms with van der Waals surface area (Å²) in [6.45, 7) is 5.11. The van der Waals surface area contributed by atoms with E-state index in [1.807, 2.05) is 0 Å². The molecule has 162 valence electrons. The number of rotatable bonds is 4. The third-order valence-electron chi connectivity index (χ3n) is 5.27. The quantitative estimate of drug-likeness (QED) is 0.545. The van der Waals surface area contributed by atoms with Crippen molar-refractivity contribution in [1.29, 1.82) is 0 Å². The number of carboxylic acids is 1. The number of esters is 1. The van der Waals surface area contributed by atoms with Gasteiger partial charge in [0.1, 0.15) is 16.8 Å². The van der Waals surface area contributed by atoms with E-state index in [-0.39, 0.29) is 12.8 Å². The Morgan fingerprint density at radius 2 is 1.97 bits per heavy atom. The summed E-state index contributed by atoms with van der Waals surface area (Å²) >= 11 is 6.00. The monoisotopic (exact) mass is 435 g/mol. The average Bonchev–Trinajstić information content (AvgIpc) is 3.05. The summed E-state index contributed by atoms with van der Waals surface area (Å²) in [5, 5.41) is 13.5. The van der Waals surface area contributed by atoms with Gasteiger partial charge in [0.25, 0.3) is 5.91 Å². The van der Waals surface area contributed by atoms with Crippen LogP contribution in [-0.4, -0.2) is 45.1 Å². The Labute approximate surface area is 179 Å². The van der Waals surface area contributed by atoms with Crippen LogP contribution >= 0.6 is 11.6 Å². The normalized spacial score (nSPS) is 24.4. The molecular weight excluding hydrogens is 410 g/mol. The third-order valence-corrected chi connectivity index (χ3v) is 5.51. The number of halogens is 1. The maximum Gasteiger partial charge on any atom is 0.328 e. The Balaban J connectivity index is 1.85. The molecule has 0 bridgehead atoms. The first kappa shape index (κ1) is 22.1. The van der Waals surface area contributed by atoms with Gasteiger partial charge in [0, 0.05) is 15.9 Å². The summed E-state index contributed by atoms with van der Waals surface area (Å²) in [7, 11) is 0. The standard InChI is InChI=1S/C21H26ClN3O5/c1-20(2,3)30-19(29)21(23)10-11(18(27)28)4-7-16(21)25-17(26)15-9-12-8-13(22)5-6-14(12)24-15/h5-6,8-9,11,16,24H,4,7,10,23H2,1-3H3,(H,25,26)(H,27,28). The number of nitrogens with two attached hydrogens (primary N) is 1. The van der Waals surface area contributed by atoms with Crippen LogP contribution in [0, 0.1) is 5.92 Å². The fourth-order valence-corrected chi connectivity index (χ4v) is 3.93. The number of carbonyl (C=O) groups is 3. The van der Waals surface area contributed by atoms with Gasteiger partial charge in [-0.05, 0) is 64.3 Å². The molecule has 1 saturated carbocycles. The van der Waals surface area contributed by atoms with Crippen LogP contribution < -0.4 is 11.1 Å². The molecule has 9 heteroatoms. The van der Waals surface area contributed by atoms with Crippen LogP contribution in [0.1, 0.15) is 50.5 Å². The Kier molecular flexibility index (Phi) is 5.84. The van der Waals surface area contributed by atoms with Gasteiger partial charge in [-0.25, -0.2) is 4.79 Å². The molecule has 0 radical (unpaired) electrons. The molecule has 1 aliphatic rings. The molecule has 1 aromatic heterocycles. The molecule has 1 aromatic carbocycles. The number of aliphatic carboxylic acids is 1. The van der Waals surface area contributed by atoms with Crippen molar-refractivity contribution in [1.82, 2.24) is 10.3 Å². The van der Waals surface area contributed by atoms with E-state index in [2.05, 4.69) is 10.3 Å². The lowest BCUT2D eigenvalue weighted by Crippen LogP contribution is -2.67. The molecule has 3 rings (SSSR count). The Morgan fingerprint density at radius 3 is 2.60 bits per heavy atom. The van der Waals surface area contributed by atoms with Crippen LogP contribution in [0.15, 0.2) is 24.3 Å². The maximum atomic E-state index is 12.9.